The predicted molar refractivity (Wildman–Crippen MR) is 90.9 cm³/mol. The number of aromatic nitrogens is 2. The molecule has 0 aliphatic carbocycles. The fraction of sp³-hybridized carbons (Fsp3) is 0.750. The molecule has 2 heterocycles. The van der Waals surface area contributed by atoms with E-state index in [0.29, 0.717) is 11.8 Å². The molecule has 130 valence electrons. The average Bonchev–Trinajstić information content (AvgIpc) is 2.95. The Kier molecular flexibility index (Phi) is 6.56. The third-order valence-electron chi connectivity index (χ3n) is 4.43. The van der Waals surface area contributed by atoms with Crippen LogP contribution in [0.25, 0.3) is 0 Å². The lowest BCUT2D eigenvalue weighted by Crippen LogP contribution is -2.35. The van der Waals surface area contributed by atoms with Crippen molar-refractivity contribution in [3.63, 3.8) is 0 Å². The van der Waals surface area contributed by atoms with Crippen LogP contribution in [-0.4, -0.2) is 92.5 Å². The number of methoxy groups -OCH3 is 1. The first-order valence-electron chi connectivity index (χ1n) is 8.09. The van der Waals surface area contributed by atoms with Gasteiger partial charge in [0.15, 0.2) is 5.82 Å². The minimum Gasteiger partial charge on any atom is -0.478 e. The molecule has 2 rings (SSSR count). The van der Waals surface area contributed by atoms with E-state index in [9.17, 15) is 5.11 Å². The van der Waals surface area contributed by atoms with E-state index < -0.39 is 0 Å². The van der Waals surface area contributed by atoms with Crippen molar-refractivity contribution in [2.24, 2.45) is 11.8 Å². The number of anilines is 1. The van der Waals surface area contributed by atoms with Gasteiger partial charge in [0.2, 0.25) is 0 Å². The fourth-order valence-corrected chi connectivity index (χ4v) is 3.07. The predicted octanol–water partition coefficient (Wildman–Crippen LogP) is 0.0233. The van der Waals surface area contributed by atoms with Crippen LogP contribution in [0.3, 0.4) is 0 Å². The molecule has 1 aromatic heterocycles. The largest absolute Gasteiger partial charge is 0.478 e. The van der Waals surface area contributed by atoms with Gasteiger partial charge in [-0.3, -0.25) is 0 Å². The lowest BCUT2D eigenvalue weighted by Gasteiger charge is -2.25. The third kappa shape index (κ3) is 4.76. The van der Waals surface area contributed by atoms with Gasteiger partial charge in [-0.1, -0.05) is 0 Å². The quantitative estimate of drug-likeness (QED) is 0.724. The van der Waals surface area contributed by atoms with Crippen LogP contribution in [0.5, 0.6) is 5.88 Å². The van der Waals surface area contributed by atoms with E-state index >= 15 is 0 Å². The van der Waals surface area contributed by atoms with Gasteiger partial charge in [-0.2, -0.15) is 0 Å². The van der Waals surface area contributed by atoms with Crippen LogP contribution in [0, 0.1) is 11.8 Å². The summed E-state index contributed by atoms with van der Waals surface area (Å²) in [5.41, 5.74) is 0. The van der Waals surface area contributed by atoms with Crippen molar-refractivity contribution in [1.29, 1.82) is 0 Å². The molecule has 2 atom stereocenters. The molecule has 0 unspecified atom stereocenters. The van der Waals surface area contributed by atoms with Gasteiger partial charge in [0.1, 0.15) is 0 Å². The van der Waals surface area contributed by atoms with Crippen molar-refractivity contribution in [1.82, 2.24) is 19.8 Å². The van der Waals surface area contributed by atoms with Crippen LogP contribution in [-0.2, 0) is 0 Å². The van der Waals surface area contributed by atoms with E-state index in [1.807, 2.05) is 0 Å². The average molecular weight is 323 g/mol. The van der Waals surface area contributed by atoms with Crippen molar-refractivity contribution < 1.29 is 9.84 Å². The summed E-state index contributed by atoms with van der Waals surface area (Å²) < 4.78 is 5.31. The molecule has 7 nitrogen and oxygen atoms in total. The molecular formula is C16H29N5O2. The zero-order valence-corrected chi connectivity index (χ0v) is 14.6. The summed E-state index contributed by atoms with van der Waals surface area (Å²) in [4.78, 5) is 15.3. The third-order valence-corrected chi connectivity index (χ3v) is 4.43. The minimum absolute atomic E-state index is 0.200. The van der Waals surface area contributed by atoms with Gasteiger partial charge in [0.25, 0.3) is 5.88 Å². The molecule has 0 radical (unpaired) electrons. The summed E-state index contributed by atoms with van der Waals surface area (Å²) in [5, 5.41) is 9.74. The van der Waals surface area contributed by atoms with Crippen LogP contribution >= 0.6 is 0 Å². The van der Waals surface area contributed by atoms with Crippen molar-refractivity contribution in [2.75, 3.05) is 72.5 Å². The summed E-state index contributed by atoms with van der Waals surface area (Å²) in [6.45, 7) is 4.89. The number of aliphatic hydroxyl groups excluding tert-OH is 1. The van der Waals surface area contributed by atoms with Gasteiger partial charge < -0.3 is 24.5 Å². The Labute approximate surface area is 138 Å². The van der Waals surface area contributed by atoms with Gasteiger partial charge >= 0.3 is 0 Å². The highest BCUT2D eigenvalue weighted by Gasteiger charge is 2.34. The second-order valence-electron chi connectivity index (χ2n) is 6.56. The molecule has 0 amide bonds. The molecule has 1 N–H and O–H groups in total. The summed E-state index contributed by atoms with van der Waals surface area (Å²) in [7, 11) is 7.92. The number of rotatable bonds is 8. The van der Waals surface area contributed by atoms with Crippen molar-refractivity contribution >= 4 is 5.82 Å². The molecule has 1 saturated heterocycles. The fourth-order valence-electron chi connectivity index (χ4n) is 3.07. The zero-order chi connectivity index (χ0) is 16.8. The molecule has 1 fully saturated rings. The smallest absolute Gasteiger partial charge is 0.257 e. The van der Waals surface area contributed by atoms with Crippen LogP contribution in [0.1, 0.15) is 0 Å². The number of aliphatic hydroxyl groups is 1. The Bertz CT molecular complexity index is 485. The van der Waals surface area contributed by atoms with E-state index in [1.54, 1.807) is 19.5 Å². The van der Waals surface area contributed by atoms with Crippen LogP contribution in [0.2, 0.25) is 0 Å². The van der Waals surface area contributed by atoms with E-state index in [-0.39, 0.29) is 12.5 Å². The van der Waals surface area contributed by atoms with Crippen LogP contribution in [0.4, 0.5) is 5.82 Å². The maximum Gasteiger partial charge on any atom is 0.257 e. The Balaban J connectivity index is 1.99. The van der Waals surface area contributed by atoms with Gasteiger partial charge in [0.05, 0.1) is 7.11 Å². The first-order valence-corrected chi connectivity index (χ1v) is 8.09. The number of ether oxygens (including phenoxy) is 1. The Morgan fingerprint density at radius 3 is 2.52 bits per heavy atom. The number of hydrogen-bond acceptors (Lipinski definition) is 7. The first-order chi connectivity index (χ1) is 11.0. The molecule has 1 aromatic rings. The van der Waals surface area contributed by atoms with Crippen LogP contribution in [0.15, 0.2) is 12.4 Å². The Morgan fingerprint density at radius 1 is 1.17 bits per heavy atom. The molecule has 0 saturated carbocycles. The van der Waals surface area contributed by atoms with Gasteiger partial charge in [-0.05, 0) is 27.1 Å². The summed E-state index contributed by atoms with van der Waals surface area (Å²) in [6, 6.07) is 0. The maximum atomic E-state index is 9.74. The molecule has 23 heavy (non-hydrogen) atoms. The van der Waals surface area contributed by atoms with Gasteiger partial charge in [0, 0.05) is 57.6 Å². The maximum absolute atomic E-state index is 9.74. The highest BCUT2D eigenvalue weighted by molar-refractivity contribution is 5.48. The topological polar surface area (TPSA) is 65.0 Å². The highest BCUT2D eigenvalue weighted by atomic mass is 16.5. The SMILES string of the molecule is COc1nccnc1N1C[C@@H](CN(C)CCN(C)C)[C@@H](CO)C1. The molecule has 7 heteroatoms. The van der Waals surface area contributed by atoms with E-state index in [2.05, 4.69) is 45.8 Å². The number of hydrogen-bond donors (Lipinski definition) is 1. The van der Waals surface area contributed by atoms with E-state index in [1.165, 1.54) is 0 Å². The lowest BCUT2D eigenvalue weighted by molar-refractivity contribution is 0.171. The molecular weight excluding hydrogens is 294 g/mol. The number of nitrogens with zero attached hydrogens (tertiary/aromatic N) is 5. The molecule has 1 aliphatic heterocycles. The van der Waals surface area contributed by atoms with Crippen molar-refractivity contribution in [2.45, 2.75) is 0 Å². The Hall–Kier alpha value is -1.44. The summed E-state index contributed by atoms with van der Waals surface area (Å²) >= 11 is 0. The number of likely N-dealkylation sites (N-methyl/N-ethyl adjacent to an activating group) is 2. The Morgan fingerprint density at radius 2 is 1.87 bits per heavy atom. The van der Waals surface area contributed by atoms with E-state index in [4.69, 9.17) is 4.74 Å². The minimum atomic E-state index is 0.200. The van der Waals surface area contributed by atoms with Crippen molar-refractivity contribution in [3.8, 4) is 5.88 Å². The van der Waals surface area contributed by atoms with Gasteiger partial charge in [-0.25, -0.2) is 9.97 Å². The van der Waals surface area contributed by atoms with Crippen LogP contribution < -0.4 is 9.64 Å². The summed E-state index contributed by atoms with van der Waals surface area (Å²) in [5.74, 6) is 1.99. The van der Waals surface area contributed by atoms with Crippen molar-refractivity contribution in [3.05, 3.63) is 12.4 Å². The first kappa shape index (κ1) is 17.9. The molecule has 0 spiro atoms. The molecule has 0 aromatic carbocycles. The van der Waals surface area contributed by atoms with Gasteiger partial charge in [-0.15, -0.1) is 0 Å². The standard InChI is InChI=1S/C16H29N5O2/c1-19(2)7-8-20(3)9-13-10-21(11-14(13)12-22)15-16(23-4)18-6-5-17-15/h5-6,13-14,22H,7-12H2,1-4H3/t13-,14-/m1/s1. The monoisotopic (exact) mass is 323 g/mol. The molecule has 1 aliphatic rings. The normalized spacial score (nSPS) is 21.4. The molecule has 0 bridgehead atoms. The second-order valence-corrected chi connectivity index (χ2v) is 6.56. The van der Waals surface area contributed by atoms with E-state index in [0.717, 1.165) is 38.5 Å². The lowest BCUT2D eigenvalue weighted by atomic mass is 9.96. The zero-order valence-electron chi connectivity index (χ0n) is 14.6. The second kappa shape index (κ2) is 8.42. The highest BCUT2D eigenvalue weighted by Crippen LogP contribution is 2.31. The summed E-state index contributed by atoms with van der Waals surface area (Å²) in [6.07, 6.45) is 3.32.